The number of amides is 2. The van der Waals surface area contributed by atoms with Crippen molar-refractivity contribution in [1.29, 1.82) is 0 Å². The lowest BCUT2D eigenvalue weighted by Crippen LogP contribution is -2.49. The van der Waals surface area contributed by atoms with Gasteiger partial charge in [-0.1, -0.05) is 12.1 Å². The third kappa shape index (κ3) is 7.69. The first-order chi connectivity index (χ1) is 17.7. The lowest BCUT2D eigenvalue weighted by atomic mass is 10.1. The van der Waals surface area contributed by atoms with E-state index in [1.165, 1.54) is 12.1 Å². The Bertz CT molecular complexity index is 1070. The van der Waals surface area contributed by atoms with Crippen LogP contribution in [0.15, 0.2) is 48.5 Å². The SMILES string of the molecule is CN(Cc1cccc(OCCN2CCN(C(=O)c3ccc(C(F)(F)F)cc3)CC2)c1)C[C@H]1CCC(=O)N1. The third-order valence-corrected chi connectivity index (χ3v) is 6.76. The van der Waals surface area contributed by atoms with Crippen molar-refractivity contribution >= 4 is 11.8 Å². The molecular weight excluding hydrogens is 485 g/mol. The predicted octanol–water partition coefficient (Wildman–Crippen LogP) is 3.25. The summed E-state index contributed by atoms with van der Waals surface area (Å²) in [5, 5.41) is 3.00. The second-order valence-corrected chi connectivity index (χ2v) is 9.70. The molecular formula is C27H33F3N4O3. The number of nitrogens with zero attached hydrogens (tertiary/aromatic N) is 3. The van der Waals surface area contributed by atoms with E-state index in [1.807, 2.05) is 25.2 Å². The molecule has 0 bridgehead atoms. The number of rotatable bonds is 9. The first-order valence-corrected chi connectivity index (χ1v) is 12.6. The summed E-state index contributed by atoms with van der Waals surface area (Å²) in [6, 6.07) is 12.6. The Hall–Kier alpha value is -3.11. The molecule has 0 radical (unpaired) electrons. The van der Waals surface area contributed by atoms with Crippen molar-refractivity contribution in [3.8, 4) is 5.75 Å². The zero-order chi connectivity index (χ0) is 26.4. The number of carbonyl (C=O) groups is 2. The summed E-state index contributed by atoms with van der Waals surface area (Å²) < 4.78 is 44.2. The molecule has 2 amide bonds. The molecule has 2 fully saturated rings. The average molecular weight is 519 g/mol. The molecule has 0 saturated carbocycles. The minimum atomic E-state index is -4.41. The Labute approximate surface area is 215 Å². The molecule has 7 nitrogen and oxygen atoms in total. The van der Waals surface area contributed by atoms with Gasteiger partial charge in [-0.05, 0) is 55.4 Å². The van der Waals surface area contributed by atoms with Crippen LogP contribution in [0.2, 0.25) is 0 Å². The van der Waals surface area contributed by atoms with Crippen LogP contribution in [0, 0.1) is 0 Å². The summed E-state index contributed by atoms with van der Waals surface area (Å²) in [7, 11) is 2.04. The van der Waals surface area contributed by atoms with E-state index in [0.717, 1.165) is 43.0 Å². The summed E-state index contributed by atoms with van der Waals surface area (Å²) in [6.07, 6.45) is -2.93. The monoisotopic (exact) mass is 518 g/mol. The van der Waals surface area contributed by atoms with Crippen LogP contribution in [0.4, 0.5) is 13.2 Å². The van der Waals surface area contributed by atoms with Gasteiger partial charge < -0.3 is 19.9 Å². The molecule has 1 N–H and O–H groups in total. The molecule has 37 heavy (non-hydrogen) atoms. The van der Waals surface area contributed by atoms with Gasteiger partial charge in [0.1, 0.15) is 12.4 Å². The van der Waals surface area contributed by atoms with E-state index in [1.54, 1.807) is 4.90 Å². The normalized spacial score (nSPS) is 18.8. The number of likely N-dealkylation sites (N-methyl/N-ethyl adjacent to an activating group) is 1. The van der Waals surface area contributed by atoms with Crippen LogP contribution in [0.25, 0.3) is 0 Å². The van der Waals surface area contributed by atoms with Crippen LogP contribution in [0.1, 0.15) is 34.3 Å². The lowest BCUT2D eigenvalue weighted by Gasteiger charge is -2.34. The highest BCUT2D eigenvalue weighted by Gasteiger charge is 2.31. The van der Waals surface area contributed by atoms with Crippen LogP contribution in [-0.4, -0.2) is 85.5 Å². The molecule has 2 saturated heterocycles. The maximum absolute atomic E-state index is 12.8. The van der Waals surface area contributed by atoms with Gasteiger partial charge in [-0.25, -0.2) is 0 Å². The first-order valence-electron chi connectivity index (χ1n) is 12.6. The third-order valence-electron chi connectivity index (χ3n) is 6.76. The van der Waals surface area contributed by atoms with Crippen molar-refractivity contribution in [1.82, 2.24) is 20.0 Å². The molecule has 2 aromatic carbocycles. The van der Waals surface area contributed by atoms with Crippen LogP contribution < -0.4 is 10.1 Å². The van der Waals surface area contributed by atoms with Crippen molar-refractivity contribution in [3.63, 3.8) is 0 Å². The fourth-order valence-corrected chi connectivity index (χ4v) is 4.75. The zero-order valence-corrected chi connectivity index (χ0v) is 21.0. The smallest absolute Gasteiger partial charge is 0.416 e. The van der Waals surface area contributed by atoms with Gasteiger partial charge in [0.25, 0.3) is 5.91 Å². The van der Waals surface area contributed by atoms with Crippen molar-refractivity contribution in [2.45, 2.75) is 31.6 Å². The van der Waals surface area contributed by atoms with Gasteiger partial charge in [-0.15, -0.1) is 0 Å². The molecule has 0 aromatic heterocycles. The maximum atomic E-state index is 12.8. The number of halogens is 3. The second kappa shape index (κ2) is 12.0. The van der Waals surface area contributed by atoms with Gasteiger partial charge in [0.2, 0.25) is 5.91 Å². The van der Waals surface area contributed by atoms with Crippen molar-refractivity contribution in [3.05, 3.63) is 65.2 Å². The van der Waals surface area contributed by atoms with Gasteiger partial charge in [-0.3, -0.25) is 14.5 Å². The molecule has 4 rings (SSSR count). The highest BCUT2D eigenvalue weighted by Crippen LogP contribution is 2.29. The number of benzene rings is 2. The molecule has 2 aromatic rings. The Morgan fingerprint density at radius 3 is 2.49 bits per heavy atom. The Balaban J connectivity index is 1.17. The molecule has 2 aliphatic heterocycles. The van der Waals surface area contributed by atoms with Crippen molar-refractivity contribution < 1.29 is 27.5 Å². The Morgan fingerprint density at radius 2 is 1.84 bits per heavy atom. The fourth-order valence-electron chi connectivity index (χ4n) is 4.75. The minimum Gasteiger partial charge on any atom is -0.492 e. The quantitative estimate of drug-likeness (QED) is 0.552. The molecule has 1 atom stereocenters. The minimum absolute atomic E-state index is 0.126. The van der Waals surface area contributed by atoms with E-state index in [0.29, 0.717) is 45.8 Å². The van der Waals surface area contributed by atoms with Gasteiger partial charge in [0, 0.05) is 63.8 Å². The van der Waals surface area contributed by atoms with Crippen molar-refractivity contribution in [2.75, 3.05) is 52.9 Å². The van der Waals surface area contributed by atoms with E-state index in [9.17, 15) is 22.8 Å². The molecule has 10 heteroatoms. The Kier molecular flexibility index (Phi) is 8.71. The van der Waals surface area contributed by atoms with E-state index >= 15 is 0 Å². The number of carbonyl (C=O) groups excluding carboxylic acids is 2. The van der Waals surface area contributed by atoms with Gasteiger partial charge in [0.15, 0.2) is 0 Å². The number of alkyl halides is 3. The van der Waals surface area contributed by atoms with Gasteiger partial charge >= 0.3 is 6.18 Å². The van der Waals surface area contributed by atoms with E-state index in [-0.39, 0.29) is 23.4 Å². The van der Waals surface area contributed by atoms with Crippen molar-refractivity contribution in [2.24, 2.45) is 0 Å². The highest BCUT2D eigenvalue weighted by atomic mass is 19.4. The van der Waals surface area contributed by atoms with Crippen LogP contribution in [0.5, 0.6) is 5.75 Å². The fraction of sp³-hybridized carbons (Fsp3) is 0.481. The standard InChI is InChI=1S/C27H33F3N4O3/c1-32(19-23-9-10-25(35)31-23)18-20-3-2-4-24(17-20)37-16-15-33-11-13-34(14-12-33)26(36)21-5-7-22(8-6-21)27(28,29)30/h2-8,17,23H,9-16,18-19H2,1H3,(H,31,35)/t23-/m1/s1. The maximum Gasteiger partial charge on any atom is 0.416 e. The number of hydrogen-bond acceptors (Lipinski definition) is 5. The van der Waals surface area contributed by atoms with E-state index in [4.69, 9.17) is 4.74 Å². The summed E-state index contributed by atoms with van der Waals surface area (Å²) in [4.78, 5) is 30.1. The molecule has 2 aliphatic rings. The molecule has 0 aliphatic carbocycles. The van der Waals surface area contributed by atoms with Gasteiger partial charge in [-0.2, -0.15) is 13.2 Å². The lowest BCUT2D eigenvalue weighted by molar-refractivity contribution is -0.137. The van der Waals surface area contributed by atoms with Gasteiger partial charge in [0.05, 0.1) is 5.56 Å². The second-order valence-electron chi connectivity index (χ2n) is 9.70. The molecule has 0 spiro atoms. The van der Waals surface area contributed by atoms with Crippen LogP contribution >= 0.6 is 0 Å². The largest absolute Gasteiger partial charge is 0.492 e. The average Bonchev–Trinajstić information content (AvgIpc) is 3.28. The highest BCUT2D eigenvalue weighted by molar-refractivity contribution is 5.94. The number of piperazine rings is 1. The van der Waals surface area contributed by atoms with Crippen LogP contribution in [-0.2, 0) is 17.5 Å². The molecule has 200 valence electrons. The molecule has 0 unspecified atom stereocenters. The Morgan fingerprint density at radius 1 is 1.11 bits per heavy atom. The number of hydrogen-bond donors (Lipinski definition) is 1. The predicted molar refractivity (Wildman–Crippen MR) is 133 cm³/mol. The number of ether oxygens (including phenoxy) is 1. The summed E-state index contributed by atoms with van der Waals surface area (Å²) in [6.45, 7) is 5.19. The topological polar surface area (TPSA) is 65.1 Å². The molecule has 2 heterocycles. The zero-order valence-electron chi connectivity index (χ0n) is 21.0. The number of nitrogens with one attached hydrogen (secondary N) is 1. The van der Waals surface area contributed by atoms with E-state index in [2.05, 4.69) is 21.2 Å². The van der Waals surface area contributed by atoms with Crippen LogP contribution in [0.3, 0.4) is 0 Å². The van der Waals surface area contributed by atoms with E-state index < -0.39 is 11.7 Å². The first kappa shape index (κ1) is 26.9. The summed E-state index contributed by atoms with van der Waals surface area (Å²) in [5.41, 5.74) is 0.647. The summed E-state index contributed by atoms with van der Waals surface area (Å²) in [5.74, 6) is 0.680. The summed E-state index contributed by atoms with van der Waals surface area (Å²) >= 11 is 0.